The van der Waals surface area contributed by atoms with Crippen LogP contribution in [0.2, 0.25) is 0 Å². The number of hydrogen-bond acceptors (Lipinski definition) is 11. The Labute approximate surface area is 372 Å². The highest BCUT2D eigenvalue weighted by atomic mass is 19.3. The van der Waals surface area contributed by atoms with Crippen molar-refractivity contribution in [2.45, 2.75) is 102 Å². The van der Waals surface area contributed by atoms with Gasteiger partial charge in [-0.25, -0.2) is 8.78 Å². The highest BCUT2D eigenvalue weighted by Gasteiger charge is 2.40. The highest BCUT2D eigenvalue weighted by Crippen LogP contribution is 2.40. The molecule has 0 bridgehead atoms. The van der Waals surface area contributed by atoms with Crippen LogP contribution in [-0.4, -0.2) is 114 Å². The normalized spacial score (nSPS) is 22.3. The number of benzene rings is 3. The van der Waals surface area contributed by atoms with Gasteiger partial charge in [0.25, 0.3) is 12.3 Å². The van der Waals surface area contributed by atoms with E-state index in [0.29, 0.717) is 62.5 Å². The molecule has 6 aliphatic rings. The lowest BCUT2D eigenvalue weighted by atomic mass is 9.88. The predicted molar refractivity (Wildman–Crippen MR) is 237 cm³/mol. The average Bonchev–Trinajstić information content (AvgIpc) is 3.88. The molecular weight excluding hydrogens is 821 g/mol. The van der Waals surface area contributed by atoms with Crippen LogP contribution in [0.5, 0.6) is 5.75 Å². The number of anilines is 1. The number of likely N-dealkylation sites (tertiary alicyclic amines) is 1. The van der Waals surface area contributed by atoms with Crippen LogP contribution in [0.25, 0.3) is 0 Å². The molecule has 0 saturated carbocycles. The molecule has 9 rings (SSSR count). The van der Waals surface area contributed by atoms with Crippen molar-refractivity contribution in [2.24, 2.45) is 10.8 Å². The number of amides is 4. The molecule has 2 fully saturated rings. The maximum Gasteiger partial charge on any atom is 0.264 e. The lowest BCUT2D eigenvalue weighted by Crippen LogP contribution is -2.52. The largest absolute Gasteiger partial charge is 0.489 e. The maximum atomic E-state index is 14.7. The van der Waals surface area contributed by atoms with Crippen LogP contribution >= 0.6 is 0 Å². The van der Waals surface area contributed by atoms with Gasteiger partial charge in [-0.3, -0.25) is 34.4 Å². The van der Waals surface area contributed by atoms with Gasteiger partial charge in [-0.15, -0.1) is 0 Å². The van der Waals surface area contributed by atoms with Crippen molar-refractivity contribution in [3.05, 3.63) is 105 Å². The number of nitrogens with zero attached hydrogens (tertiary/aromatic N) is 6. The molecule has 3 atom stereocenters. The van der Waals surface area contributed by atoms with E-state index in [1.807, 2.05) is 36.2 Å². The van der Waals surface area contributed by atoms with Crippen LogP contribution in [0.3, 0.4) is 0 Å². The molecule has 0 radical (unpaired) electrons. The van der Waals surface area contributed by atoms with Crippen molar-refractivity contribution in [3.8, 4) is 5.75 Å². The quantitative estimate of drug-likeness (QED) is 0.217. The molecule has 0 spiro atoms. The molecule has 3 unspecified atom stereocenters. The fraction of sp³-hybridized carbons (Fsp3) is 0.479. The molecular formula is C48H57F2N9O5. The summed E-state index contributed by atoms with van der Waals surface area (Å²) in [7, 11) is 1.85. The fourth-order valence-electron chi connectivity index (χ4n) is 10.3. The summed E-state index contributed by atoms with van der Waals surface area (Å²) >= 11 is 0. The van der Waals surface area contributed by atoms with Crippen LogP contribution in [-0.2, 0) is 40.5 Å². The number of alkyl halides is 2. The summed E-state index contributed by atoms with van der Waals surface area (Å²) in [4.78, 5) is 58.1. The molecule has 6 aliphatic heterocycles. The lowest BCUT2D eigenvalue weighted by Gasteiger charge is -2.42. The van der Waals surface area contributed by atoms with Crippen LogP contribution in [0, 0.1) is 0 Å². The van der Waals surface area contributed by atoms with E-state index in [1.54, 1.807) is 36.3 Å². The van der Waals surface area contributed by atoms with Crippen LogP contribution in [0.4, 0.5) is 14.5 Å². The van der Waals surface area contributed by atoms with Crippen molar-refractivity contribution >= 4 is 35.5 Å². The number of halogens is 2. The number of fused-ring (bicyclic) bond motifs is 2. The number of aryl methyl sites for hydroxylation is 1. The maximum absolute atomic E-state index is 14.7. The number of nitrogens with two attached hydrogens (primary N) is 1. The van der Waals surface area contributed by atoms with Crippen LogP contribution < -0.4 is 26.0 Å². The second kappa shape index (κ2) is 18.3. The number of hydrogen-bond donors (Lipinski definition) is 3. The van der Waals surface area contributed by atoms with Crippen molar-refractivity contribution in [1.29, 1.82) is 0 Å². The molecule has 4 amide bonds. The predicted octanol–water partition coefficient (Wildman–Crippen LogP) is 4.78. The number of hydrazone groups is 1. The number of carbonyl (C=O) groups is 4. The van der Waals surface area contributed by atoms with Crippen LogP contribution in [0.15, 0.2) is 71.0 Å². The van der Waals surface area contributed by atoms with Crippen LogP contribution in [0.1, 0.15) is 102 Å². The highest BCUT2D eigenvalue weighted by molar-refractivity contribution is 6.05. The molecule has 4 N–H and O–H groups in total. The number of ether oxygens (including phenoxy) is 1. The Morgan fingerprint density at radius 2 is 1.77 bits per heavy atom. The Balaban J connectivity index is 0.833. The van der Waals surface area contributed by atoms with Crippen molar-refractivity contribution < 1.29 is 32.7 Å². The number of imide groups is 1. The minimum Gasteiger partial charge on any atom is -0.489 e. The molecule has 2 saturated heterocycles. The number of piperidine rings is 2. The first-order valence-corrected chi connectivity index (χ1v) is 22.6. The monoisotopic (exact) mass is 877 g/mol. The summed E-state index contributed by atoms with van der Waals surface area (Å²) in [5.41, 5.74) is 15.0. The molecule has 64 heavy (non-hydrogen) atoms. The van der Waals surface area contributed by atoms with E-state index in [1.165, 1.54) is 10.5 Å². The molecule has 3 aromatic rings. The molecule has 14 nitrogen and oxygen atoms in total. The average molecular weight is 878 g/mol. The van der Waals surface area contributed by atoms with Crippen molar-refractivity contribution in [2.75, 3.05) is 51.2 Å². The molecule has 338 valence electrons. The first-order valence-electron chi connectivity index (χ1n) is 22.6. The van der Waals surface area contributed by atoms with E-state index in [0.717, 1.165) is 79.0 Å². The topological polar surface area (TPSA) is 156 Å². The lowest BCUT2D eigenvalue weighted by molar-refractivity contribution is -0.137. The Hall–Kier alpha value is -5.87. The summed E-state index contributed by atoms with van der Waals surface area (Å²) in [5.74, 6) is -0.598. The molecule has 3 aromatic carbocycles. The minimum atomic E-state index is -2.64. The number of nitrogens with one attached hydrogen (secondary N) is 2. The summed E-state index contributed by atoms with van der Waals surface area (Å²) in [6.07, 6.45) is 3.15. The summed E-state index contributed by atoms with van der Waals surface area (Å²) in [5, 5.41) is 12.3. The van der Waals surface area contributed by atoms with Gasteiger partial charge >= 0.3 is 0 Å². The van der Waals surface area contributed by atoms with Gasteiger partial charge in [-0.1, -0.05) is 36.4 Å². The number of likely N-dealkylation sites (N-methyl/N-ethyl adjacent to an activating group) is 1. The van der Waals surface area contributed by atoms with Gasteiger partial charge in [-0.05, 0) is 72.6 Å². The third kappa shape index (κ3) is 8.94. The molecule has 16 heteroatoms. The van der Waals surface area contributed by atoms with E-state index in [4.69, 9.17) is 10.5 Å². The van der Waals surface area contributed by atoms with E-state index in [9.17, 15) is 28.0 Å². The van der Waals surface area contributed by atoms with E-state index in [-0.39, 0.29) is 48.2 Å². The van der Waals surface area contributed by atoms with Gasteiger partial charge in [0.05, 0.1) is 6.54 Å². The van der Waals surface area contributed by atoms with Crippen molar-refractivity contribution in [1.82, 2.24) is 30.3 Å². The molecule has 0 aromatic heterocycles. The molecule has 0 aliphatic carbocycles. The Kier molecular flexibility index (Phi) is 12.4. The smallest absolute Gasteiger partial charge is 0.264 e. The number of carbonyl (C=O) groups excluding carboxylic acids is 4. The zero-order valence-corrected chi connectivity index (χ0v) is 36.5. The van der Waals surface area contributed by atoms with Crippen molar-refractivity contribution in [3.63, 3.8) is 0 Å². The van der Waals surface area contributed by atoms with Gasteiger partial charge in [0.15, 0.2) is 0 Å². The zero-order chi connectivity index (χ0) is 44.6. The minimum absolute atomic E-state index is 0.0157. The van der Waals surface area contributed by atoms with Gasteiger partial charge in [-0.2, -0.15) is 5.10 Å². The van der Waals surface area contributed by atoms with Gasteiger partial charge in [0.1, 0.15) is 24.6 Å². The standard InChI is InChI=1S/C48H57F2N9O5/c1-29(60)57-19-15-40(39(26-57)46(51)58-16-5-8-32-21-36(33-23-52-55(2)25-33)37(45(49)50)22-42(32)58)53-34-13-17-56(18-14-34)24-30-6-3-7-31(20-30)28-64-43-10-4-9-35-38(43)27-59(48(35)63)41-11-12-44(61)54-47(41)62/h3-4,6-7,9-10,20-23,33-34,41,45-46,53H,5,8,11-19,24-28,51H2,1-2H3,(H,54,61,62). The van der Waals surface area contributed by atoms with E-state index < -0.39 is 24.5 Å². The number of rotatable bonds is 12. The molecule has 6 heterocycles. The van der Waals surface area contributed by atoms with E-state index >= 15 is 0 Å². The first kappa shape index (κ1) is 43.4. The van der Waals surface area contributed by atoms with E-state index in [2.05, 4.69) is 37.7 Å². The Bertz CT molecular complexity index is 2380. The Morgan fingerprint density at radius 1 is 0.969 bits per heavy atom. The summed E-state index contributed by atoms with van der Waals surface area (Å²) in [6.45, 7) is 6.87. The summed E-state index contributed by atoms with van der Waals surface area (Å²) in [6, 6.07) is 16.9. The van der Waals surface area contributed by atoms with Gasteiger partial charge in [0, 0.05) is 124 Å². The second-order valence-electron chi connectivity index (χ2n) is 18.0. The van der Waals surface area contributed by atoms with Gasteiger partial charge < -0.3 is 30.5 Å². The summed E-state index contributed by atoms with van der Waals surface area (Å²) < 4.78 is 35.6. The third-order valence-corrected chi connectivity index (χ3v) is 13.8. The third-order valence-electron chi connectivity index (χ3n) is 13.8. The first-order chi connectivity index (χ1) is 30.9. The van der Waals surface area contributed by atoms with Gasteiger partial charge in [0.2, 0.25) is 17.7 Å². The Morgan fingerprint density at radius 3 is 2.52 bits per heavy atom. The second-order valence-corrected chi connectivity index (χ2v) is 18.0. The fourth-order valence-corrected chi connectivity index (χ4v) is 10.3. The zero-order valence-electron chi connectivity index (χ0n) is 36.5. The SMILES string of the molecule is CC(=O)N1CCC(NC2CCN(Cc3cccc(COc4cccc5c4CN(C4CCC(=O)NC4=O)C5=O)c3)CC2)=C(C(N)N2CCCc3cc(C4C=NN(C)C4)c(C(F)F)cc32)C1.